The topological polar surface area (TPSA) is 91.9 Å². The van der Waals surface area contributed by atoms with E-state index in [4.69, 9.17) is 9.72 Å². The quantitative estimate of drug-likeness (QED) is 0.494. The Kier molecular flexibility index (Phi) is 5.44. The number of pyridine rings is 1. The predicted octanol–water partition coefficient (Wildman–Crippen LogP) is 3.09. The minimum absolute atomic E-state index is 0.142. The van der Waals surface area contributed by atoms with E-state index in [1.54, 1.807) is 12.4 Å². The lowest BCUT2D eigenvalue weighted by atomic mass is 10.0. The number of halogens is 1. The van der Waals surface area contributed by atoms with E-state index in [9.17, 15) is 4.39 Å². The monoisotopic (exact) mass is 421 g/mol. The van der Waals surface area contributed by atoms with Crippen molar-refractivity contribution in [2.24, 2.45) is 0 Å². The molecule has 31 heavy (non-hydrogen) atoms. The van der Waals surface area contributed by atoms with Crippen molar-refractivity contribution in [1.82, 2.24) is 29.8 Å². The van der Waals surface area contributed by atoms with E-state index >= 15 is 0 Å². The number of fused-ring (bicyclic) bond motifs is 2. The third-order valence-electron chi connectivity index (χ3n) is 5.68. The van der Waals surface area contributed by atoms with Gasteiger partial charge in [0.2, 0.25) is 0 Å². The molecule has 4 aromatic rings. The molecule has 9 heteroatoms. The van der Waals surface area contributed by atoms with E-state index in [0.717, 1.165) is 66.9 Å². The number of aromatic amines is 1. The van der Waals surface area contributed by atoms with Crippen LogP contribution >= 0.6 is 0 Å². The minimum atomic E-state index is -0.251. The molecule has 1 unspecified atom stereocenters. The molecule has 1 fully saturated rings. The molecule has 0 aliphatic carbocycles. The van der Waals surface area contributed by atoms with E-state index in [1.807, 2.05) is 19.1 Å². The van der Waals surface area contributed by atoms with Crippen molar-refractivity contribution in [3.8, 4) is 0 Å². The first-order chi connectivity index (χ1) is 15.2. The Morgan fingerprint density at radius 2 is 2.06 bits per heavy atom. The summed E-state index contributed by atoms with van der Waals surface area (Å²) in [6, 6.07) is 6.70. The summed E-state index contributed by atoms with van der Waals surface area (Å²) in [4.78, 5) is 23.1. The number of hydrogen-bond donors (Lipinski definition) is 2. The Morgan fingerprint density at radius 3 is 2.94 bits per heavy atom. The molecule has 2 N–H and O–H groups in total. The molecular weight excluding hydrogens is 397 g/mol. The summed E-state index contributed by atoms with van der Waals surface area (Å²) in [7, 11) is 0. The standard InChI is InChI=1S/C22H24FN7O/c1-14(28-22-20-21(25-12-24-20)26-13-27-22)19-11-15-10-16(23)2-3-17(15)18(29-19)4-5-30-6-8-31-9-7-30/h2-3,10-14H,4-9H2,1H3,(H2,24,25,26,27,28). The summed E-state index contributed by atoms with van der Waals surface area (Å²) in [5.41, 5.74) is 3.15. The zero-order chi connectivity index (χ0) is 21.2. The number of anilines is 1. The highest BCUT2D eigenvalue weighted by Crippen LogP contribution is 2.26. The second-order valence-electron chi connectivity index (χ2n) is 7.75. The van der Waals surface area contributed by atoms with Crippen LogP contribution < -0.4 is 5.32 Å². The molecule has 4 heterocycles. The molecule has 0 bridgehead atoms. The van der Waals surface area contributed by atoms with Crippen molar-refractivity contribution in [1.29, 1.82) is 0 Å². The molecule has 0 radical (unpaired) electrons. The number of hydrogen-bond acceptors (Lipinski definition) is 7. The van der Waals surface area contributed by atoms with Gasteiger partial charge in [-0.2, -0.15) is 0 Å². The highest BCUT2D eigenvalue weighted by Gasteiger charge is 2.16. The number of morpholine rings is 1. The maximum atomic E-state index is 14.0. The van der Waals surface area contributed by atoms with Crippen LogP contribution in [0, 0.1) is 5.82 Å². The van der Waals surface area contributed by atoms with Crippen molar-refractivity contribution >= 4 is 27.8 Å². The van der Waals surface area contributed by atoms with E-state index in [-0.39, 0.29) is 11.9 Å². The normalized spacial score (nSPS) is 16.1. The summed E-state index contributed by atoms with van der Waals surface area (Å²) in [5, 5.41) is 5.24. The molecule has 1 saturated heterocycles. The van der Waals surface area contributed by atoms with Crippen LogP contribution in [0.4, 0.5) is 10.2 Å². The van der Waals surface area contributed by atoms with Gasteiger partial charge in [0.25, 0.3) is 0 Å². The number of benzene rings is 1. The van der Waals surface area contributed by atoms with Crippen LogP contribution in [-0.2, 0) is 11.2 Å². The van der Waals surface area contributed by atoms with E-state index < -0.39 is 0 Å². The average Bonchev–Trinajstić information content (AvgIpc) is 3.27. The molecule has 3 aromatic heterocycles. The summed E-state index contributed by atoms with van der Waals surface area (Å²) in [5.74, 6) is 0.408. The summed E-state index contributed by atoms with van der Waals surface area (Å²) in [6.07, 6.45) is 3.87. The van der Waals surface area contributed by atoms with Gasteiger partial charge in [0.05, 0.1) is 31.3 Å². The van der Waals surface area contributed by atoms with Gasteiger partial charge in [-0.15, -0.1) is 0 Å². The van der Waals surface area contributed by atoms with Crippen molar-refractivity contribution in [3.63, 3.8) is 0 Å². The number of aromatic nitrogens is 5. The van der Waals surface area contributed by atoms with Crippen LogP contribution in [0.25, 0.3) is 21.9 Å². The van der Waals surface area contributed by atoms with Gasteiger partial charge in [-0.1, -0.05) is 0 Å². The number of nitrogens with zero attached hydrogens (tertiary/aromatic N) is 5. The predicted molar refractivity (Wildman–Crippen MR) is 116 cm³/mol. The summed E-state index contributed by atoms with van der Waals surface area (Å²) < 4.78 is 19.4. The summed E-state index contributed by atoms with van der Waals surface area (Å²) >= 11 is 0. The first kappa shape index (κ1) is 19.8. The van der Waals surface area contributed by atoms with Crippen LogP contribution in [0.3, 0.4) is 0 Å². The number of imidazole rings is 1. The van der Waals surface area contributed by atoms with Gasteiger partial charge in [0, 0.05) is 37.1 Å². The smallest absolute Gasteiger partial charge is 0.182 e. The van der Waals surface area contributed by atoms with E-state index in [2.05, 4.69) is 30.2 Å². The van der Waals surface area contributed by atoms with Crippen molar-refractivity contribution in [2.45, 2.75) is 19.4 Å². The van der Waals surface area contributed by atoms with Crippen LogP contribution in [-0.4, -0.2) is 62.7 Å². The van der Waals surface area contributed by atoms with Gasteiger partial charge in [0.15, 0.2) is 11.5 Å². The molecule has 0 spiro atoms. The molecule has 0 saturated carbocycles. The minimum Gasteiger partial charge on any atom is -0.379 e. The van der Waals surface area contributed by atoms with E-state index in [1.165, 1.54) is 12.4 Å². The van der Waals surface area contributed by atoms with Crippen molar-refractivity contribution in [3.05, 3.63) is 54.1 Å². The maximum Gasteiger partial charge on any atom is 0.182 e. The fourth-order valence-electron chi connectivity index (χ4n) is 3.98. The Morgan fingerprint density at radius 1 is 1.19 bits per heavy atom. The SMILES string of the molecule is CC(Nc1ncnc2nc[nH]c12)c1cc2cc(F)ccc2c(CCN2CCOCC2)n1. The van der Waals surface area contributed by atoms with Crippen molar-refractivity contribution < 1.29 is 9.13 Å². The van der Waals surface area contributed by atoms with Crippen LogP contribution in [0.2, 0.25) is 0 Å². The largest absolute Gasteiger partial charge is 0.379 e. The van der Waals surface area contributed by atoms with E-state index in [0.29, 0.717) is 11.5 Å². The fraction of sp³-hybridized carbons (Fsp3) is 0.364. The van der Waals surface area contributed by atoms with Crippen LogP contribution in [0.15, 0.2) is 36.9 Å². The molecule has 5 rings (SSSR count). The zero-order valence-corrected chi connectivity index (χ0v) is 17.3. The highest BCUT2D eigenvalue weighted by molar-refractivity contribution is 5.85. The van der Waals surface area contributed by atoms with Gasteiger partial charge in [-0.3, -0.25) is 9.88 Å². The molecule has 0 amide bonds. The highest BCUT2D eigenvalue weighted by atomic mass is 19.1. The molecule has 160 valence electrons. The Labute approximate surface area is 178 Å². The second-order valence-corrected chi connectivity index (χ2v) is 7.75. The van der Waals surface area contributed by atoms with Crippen LogP contribution in [0.1, 0.15) is 24.4 Å². The van der Waals surface area contributed by atoms with Gasteiger partial charge in [-0.05, 0) is 36.6 Å². The molecule has 8 nitrogen and oxygen atoms in total. The Bertz CT molecular complexity index is 1210. The fourth-order valence-corrected chi connectivity index (χ4v) is 3.98. The molecule has 1 aliphatic rings. The third-order valence-corrected chi connectivity index (χ3v) is 5.68. The summed E-state index contributed by atoms with van der Waals surface area (Å²) in [6.45, 7) is 6.30. The molecule has 1 aliphatic heterocycles. The third kappa shape index (κ3) is 4.19. The van der Waals surface area contributed by atoms with Gasteiger partial charge >= 0.3 is 0 Å². The van der Waals surface area contributed by atoms with Gasteiger partial charge in [-0.25, -0.2) is 19.3 Å². The number of nitrogens with one attached hydrogen (secondary N) is 2. The lowest BCUT2D eigenvalue weighted by molar-refractivity contribution is 0.0384. The molecule has 1 aromatic carbocycles. The lowest BCUT2D eigenvalue weighted by Crippen LogP contribution is -2.37. The first-order valence-electron chi connectivity index (χ1n) is 10.5. The van der Waals surface area contributed by atoms with Gasteiger partial charge < -0.3 is 15.0 Å². The van der Waals surface area contributed by atoms with Crippen molar-refractivity contribution in [2.75, 3.05) is 38.2 Å². The van der Waals surface area contributed by atoms with Gasteiger partial charge in [0.1, 0.15) is 17.7 Å². The Hall–Kier alpha value is -3.17. The first-order valence-corrected chi connectivity index (χ1v) is 10.5. The second kappa shape index (κ2) is 8.52. The number of rotatable bonds is 6. The average molecular weight is 421 g/mol. The molecular formula is C22H24FN7O. The zero-order valence-electron chi connectivity index (χ0n) is 17.3. The van der Waals surface area contributed by atoms with Crippen LogP contribution in [0.5, 0.6) is 0 Å². The molecule has 1 atom stereocenters. The Balaban J connectivity index is 1.45. The maximum absolute atomic E-state index is 14.0. The number of H-pyrrole nitrogens is 1. The lowest BCUT2D eigenvalue weighted by Gasteiger charge is -2.26. The number of ether oxygens (including phenoxy) is 1.